The quantitative estimate of drug-likeness (QED) is 0.609. The topological polar surface area (TPSA) is 55.1 Å². The van der Waals surface area contributed by atoms with Gasteiger partial charge in [-0.15, -0.1) is 0 Å². The average Bonchev–Trinajstić information content (AvgIpc) is 2.95. The minimum atomic E-state index is -0.923. The van der Waals surface area contributed by atoms with Gasteiger partial charge in [0.05, 0.1) is 16.6 Å². The van der Waals surface area contributed by atoms with Crippen LogP contribution in [0, 0.1) is 0 Å². The third-order valence-electron chi connectivity index (χ3n) is 3.81. The number of imidazole rings is 1. The predicted octanol–water partition coefficient (Wildman–Crippen LogP) is 3.88. The predicted molar refractivity (Wildman–Crippen MR) is 85.5 cm³/mol. The fourth-order valence-electron chi connectivity index (χ4n) is 2.67. The first-order valence-corrected chi connectivity index (χ1v) is 6.92. The Kier molecular flexibility index (Phi) is 2.69. The SMILES string of the molecule is O=C(O)c1ccc(-n2cnc3cc4ccccc4cc32)cc1. The van der Waals surface area contributed by atoms with Crippen molar-refractivity contribution in [3.63, 3.8) is 0 Å². The van der Waals surface area contributed by atoms with Gasteiger partial charge in [-0.1, -0.05) is 24.3 Å². The average molecular weight is 288 g/mol. The maximum Gasteiger partial charge on any atom is 0.335 e. The smallest absolute Gasteiger partial charge is 0.335 e. The molecule has 4 nitrogen and oxygen atoms in total. The highest BCUT2D eigenvalue weighted by Gasteiger charge is 2.07. The minimum absolute atomic E-state index is 0.277. The fraction of sp³-hybridized carbons (Fsp3) is 0. The van der Waals surface area contributed by atoms with E-state index < -0.39 is 5.97 Å². The number of rotatable bonds is 2. The zero-order valence-corrected chi connectivity index (χ0v) is 11.6. The summed E-state index contributed by atoms with van der Waals surface area (Å²) in [4.78, 5) is 15.4. The van der Waals surface area contributed by atoms with Gasteiger partial charge in [0.15, 0.2) is 0 Å². The zero-order valence-electron chi connectivity index (χ0n) is 11.6. The highest BCUT2D eigenvalue weighted by molar-refractivity contribution is 5.95. The molecule has 4 aromatic rings. The Morgan fingerprint density at radius 3 is 2.32 bits per heavy atom. The van der Waals surface area contributed by atoms with Gasteiger partial charge in [-0.25, -0.2) is 9.78 Å². The van der Waals surface area contributed by atoms with Crippen LogP contribution in [0.3, 0.4) is 0 Å². The van der Waals surface area contributed by atoms with Crippen molar-refractivity contribution in [3.8, 4) is 5.69 Å². The standard InChI is InChI=1S/C18H12N2O2/c21-18(22)12-5-7-15(8-6-12)20-11-19-16-9-13-3-1-2-4-14(13)10-17(16)20/h1-11H,(H,21,22). The second kappa shape index (κ2) is 4.70. The lowest BCUT2D eigenvalue weighted by Crippen LogP contribution is -1.97. The molecule has 0 fully saturated rings. The van der Waals surface area contributed by atoms with Crippen molar-refractivity contribution in [1.29, 1.82) is 0 Å². The first-order valence-electron chi connectivity index (χ1n) is 6.92. The molecule has 22 heavy (non-hydrogen) atoms. The third-order valence-corrected chi connectivity index (χ3v) is 3.81. The van der Waals surface area contributed by atoms with Gasteiger partial charge in [0.1, 0.15) is 6.33 Å². The third kappa shape index (κ3) is 1.93. The fourth-order valence-corrected chi connectivity index (χ4v) is 2.67. The molecule has 0 aliphatic heterocycles. The van der Waals surface area contributed by atoms with Gasteiger partial charge in [0.25, 0.3) is 0 Å². The van der Waals surface area contributed by atoms with E-state index >= 15 is 0 Å². The molecule has 4 rings (SSSR count). The number of nitrogens with zero attached hydrogens (tertiary/aromatic N) is 2. The molecular formula is C18H12N2O2. The van der Waals surface area contributed by atoms with Gasteiger partial charge >= 0.3 is 5.97 Å². The Hall–Kier alpha value is -3.14. The molecule has 0 unspecified atom stereocenters. The lowest BCUT2D eigenvalue weighted by Gasteiger charge is -2.05. The normalized spacial score (nSPS) is 11.1. The molecule has 3 aromatic carbocycles. The van der Waals surface area contributed by atoms with Crippen LogP contribution in [-0.4, -0.2) is 20.6 Å². The van der Waals surface area contributed by atoms with E-state index in [0.29, 0.717) is 0 Å². The molecule has 0 atom stereocenters. The van der Waals surface area contributed by atoms with Gasteiger partial charge in [-0.2, -0.15) is 0 Å². The number of carbonyl (C=O) groups is 1. The van der Waals surface area contributed by atoms with Crippen LogP contribution in [0.25, 0.3) is 27.5 Å². The summed E-state index contributed by atoms with van der Waals surface area (Å²) in [6.07, 6.45) is 1.76. The van der Waals surface area contributed by atoms with Crippen LogP contribution in [0.4, 0.5) is 0 Å². The Morgan fingerprint density at radius 1 is 0.955 bits per heavy atom. The molecule has 0 radical (unpaired) electrons. The summed E-state index contributed by atoms with van der Waals surface area (Å²) in [7, 11) is 0. The second-order valence-corrected chi connectivity index (χ2v) is 5.15. The zero-order chi connectivity index (χ0) is 15.1. The van der Waals surface area contributed by atoms with E-state index in [-0.39, 0.29) is 5.56 Å². The van der Waals surface area contributed by atoms with E-state index in [1.807, 2.05) is 16.7 Å². The molecule has 4 heteroatoms. The first-order chi connectivity index (χ1) is 10.7. The van der Waals surface area contributed by atoms with E-state index in [4.69, 9.17) is 5.11 Å². The molecule has 0 bridgehead atoms. The Morgan fingerprint density at radius 2 is 1.64 bits per heavy atom. The van der Waals surface area contributed by atoms with E-state index in [9.17, 15) is 4.79 Å². The maximum atomic E-state index is 10.9. The van der Waals surface area contributed by atoms with Gasteiger partial charge in [0.2, 0.25) is 0 Å². The summed E-state index contributed by atoms with van der Waals surface area (Å²) in [6, 6.07) is 19.1. The number of fused-ring (bicyclic) bond motifs is 2. The van der Waals surface area contributed by atoms with Gasteiger partial charge < -0.3 is 5.11 Å². The van der Waals surface area contributed by atoms with Crippen LogP contribution >= 0.6 is 0 Å². The molecule has 0 saturated carbocycles. The summed E-state index contributed by atoms with van der Waals surface area (Å²) < 4.78 is 1.97. The first kappa shape index (κ1) is 12.6. The second-order valence-electron chi connectivity index (χ2n) is 5.15. The lowest BCUT2D eigenvalue weighted by molar-refractivity contribution is 0.0697. The number of hydrogen-bond acceptors (Lipinski definition) is 2. The monoisotopic (exact) mass is 288 g/mol. The Bertz CT molecular complexity index is 1000. The Balaban J connectivity index is 1.91. The number of carboxylic acid groups (broad SMARTS) is 1. The van der Waals surface area contributed by atoms with Crippen LogP contribution in [0.5, 0.6) is 0 Å². The van der Waals surface area contributed by atoms with Crippen molar-refractivity contribution in [1.82, 2.24) is 9.55 Å². The van der Waals surface area contributed by atoms with E-state index in [1.165, 1.54) is 0 Å². The van der Waals surface area contributed by atoms with Gasteiger partial charge in [-0.3, -0.25) is 4.57 Å². The van der Waals surface area contributed by atoms with Gasteiger partial charge in [-0.05, 0) is 47.2 Å². The van der Waals surface area contributed by atoms with Crippen LogP contribution < -0.4 is 0 Å². The summed E-state index contributed by atoms with van der Waals surface area (Å²) in [6.45, 7) is 0. The van der Waals surface area contributed by atoms with Crippen LogP contribution in [-0.2, 0) is 0 Å². The summed E-state index contributed by atoms with van der Waals surface area (Å²) in [5.74, 6) is -0.923. The summed E-state index contributed by atoms with van der Waals surface area (Å²) >= 11 is 0. The number of carboxylic acids is 1. The van der Waals surface area contributed by atoms with Crippen LogP contribution in [0.1, 0.15) is 10.4 Å². The maximum absolute atomic E-state index is 10.9. The number of aromatic nitrogens is 2. The highest BCUT2D eigenvalue weighted by atomic mass is 16.4. The molecule has 1 aromatic heterocycles. The number of benzene rings is 3. The molecule has 0 aliphatic carbocycles. The number of aromatic carboxylic acids is 1. The van der Waals surface area contributed by atoms with Crippen LogP contribution in [0.15, 0.2) is 67.0 Å². The molecule has 0 aliphatic rings. The molecule has 106 valence electrons. The lowest BCUT2D eigenvalue weighted by atomic mass is 10.1. The molecule has 0 amide bonds. The van der Waals surface area contributed by atoms with E-state index in [2.05, 4.69) is 29.2 Å². The van der Waals surface area contributed by atoms with E-state index in [1.54, 1.807) is 30.6 Å². The largest absolute Gasteiger partial charge is 0.478 e. The van der Waals surface area contributed by atoms with Crippen molar-refractivity contribution >= 4 is 27.8 Å². The molecular weight excluding hydrogens is 276 g/mol. The molecule has 1 N–H and O–H groups in total. The molecule has 0 spiro atoms. The van der Waals surface area contributed by atoms with Crippen molar-refractivity contribution in [2.75, 3.05) is 0 Å². The van der Waals surface area contributed by atoms with Crippen LogP contribution in [0.2, 0.25) is 0 Å². The Labute approximate surface area is 126 Å². The highest BCUT2D eigenvalue weighted by Crippen LogP contribution is 2.24. The summed E-state index contributed by atoms with van der Waals surface area (Å²) in [5.41, 5.74) is 3.09. The van der Waals surface area contributed by atoms with E-state index in [0.717, 1.165) is 27.5 Å². The van der Waals surface area contributed by atoms with Crippen molar-refractivity contribution in [3.05, 3.63) is 72.6 Å². The van der Waals surface area contributed by atoms with Crippen molar-refractivity contribution in [2.45, 2.75) is 0 Å². The molecule has 0 saturated heterocycles. The summed E-state index contributed by atoms with van der Waals surface area (Å²) in [5, 5.41) is 11.3. The van der Waals surface area contributed by atoms with Gasteiger partial charge in [0, 0.05) is 5.69 Å². The number of hydrogen-bond donors (Lipinski definition) is 1. The van der Waals surface area contributed by atoms with Crippen molar-refractivity contribution < 1.29 is 9.90 Å². The van der Waals surface area contributed by atoms with Crippen molar-refractivity contribution in [2.24, 2.45) is 0 Å². The molecule has 1 heterocycles. The minimum Gasteiger partial charge on any atom is -0.478 e.